The Hall–Kier alpha value is -1.96. The highest BCUT2D eigenvalue weighted by Gasteiger charge is 2.25. The molecule has 2 rings (SSSR count). The molecule has 8 heteroatoms. The van der Waals surface area contributed by atoms with Gasteiger partial charge in [0.25, 0.3) is 0 Å². The lowest BCUT2D eigenvalue weighted by Gasteiger charge is -2.23. The lowest BCUT2D eigenvalue weighted by atomic mass is 10.1. The van der Waals surface area contributed by atoms with Crippen molar-refractivity contribution in [2.75, 3.05) is 7.05 Å². The Balaban J connectivity index is 2.03. The number of hydrogen-bond donors (Lipinski definition) is 0. The largest absolute Gasteiger partial charge is 0.340 e. The zero-order chi connectivity index (χ0) is 17.9. The number of tetrazole rings is 1. The number of amides is 1. The van der Waals surface area contributed by atoms with Gasteiger partial charge in [-0.25, -0.2) is 9.07 Å². The highest BCUT2D eigenvalue weighted by atomic mass is 32.2. The van der Waals surface area contributed by atoms with E-state index < -0.39 is 0 Å². The molecule has 1 heterocycles. The monoisotopic (exact) mass is 351 g/mol. The molecule has 0 aliphatic heterocycles. The number of halogens is 1. The Morgan fingerprint density at radius 1 is 1.42 bits per heavy atom. The van der Waals surface area contributed by atoms with E-state index in [1.807, 2.05) is 27.7 Å². The number of nitrogens with zero attached hydrogens (tertiary/aromatic N) is 5. The van der Waals surface area contributed by atoms with E-state index in [0.717, 1.165) is 5.56 Å². The molecular weight excluding hydrogens is 329 g/mol. The van der Waals surface area contributed by atoms with Crippen molar-refractivity contribution in [1.82, 2.24) is 25.1 Å². The Morgan fingerprint density at radius 2 is 2.12 bits per heavy atom. The SMILES string of the molecule is CC(Sc1nnnn1C(C)(C)C)C(=O)N(C)Cc1cccc(F)c1. The van der Waals surface area contributed by atoms with Crippen molar-refractivity contribution in [2.24, 2.45) is 0 Å². The Morgan fingerprint density at radius 3 is 2.75 bits per heavy atom. The average Bonchev–Trinajstić information content (AvgIpc) is 2.94. The predicted molar refractivity (Wildman–Crippen MR) is 91.0 cm³/mol. The summed E-state index contributed by atoms with van der Waals surface area (Å²) in [5.41, 5.74) is 0.491. The van der Waals surface area contributed by atoms with Crippen molar-refractivity contribution in [3.05, 3.63) is 35.6 Å². The average molecular weight is 351 g/mol. The minimum Gasteiger partial charge on any atom is -0.340 e. The molecule has 0 spiro atoms. The van der Waals surface area contributed by atoms with Crippen LogP contribution in [0.3, 0.4) is 0 Å². The molecule has 0 radical (unpaired) electrons. The van der Waals surface area contributed by atoms with Crippen LogP contribution in [0.25, 0.3) is 0 Å². The van der Waals surface area contributed by atoms with E-state index in [0.29, 0.717) is 11.7 Å². The van der Waals surface area contributed by atoms with Crippen molar-refractivity contribution in [2.45, 2.75) is 50.2 Å². The molecule has 0 aliphatic carbocycles. The maximum Gasteiger partial charge on any atom is 0.235 e. The Kier molecular flexibility index (Phi) is 5.58. The van der Waals surface area contributed by atoms with Gasteiger partial charge in [-0.3, -0.25) is 4.79 Å². The molecule has 0 saturated carbocycles. The fourth-order valence-corrected chi connectivity index (χ4v) is 3.27. The van der Waals surface area contributed by atoms with Gasteiger partial charge in [-0.1, -0.05) is 23.9 Å². The van der Waals surface area contributed by atoms with Crippen LogP contribution >= 0.6 is 11.8 Å². The summed E-state index contributed by atoms with van der Waals surface area (Å²) in [5.74, 6) is -0.368. The van der Waals surface area contributed by atoms with Crippen LogP contribution in [0.5, 0.6) is 0 Å². The summed E-state index contributed by atoms with van der Waals surface area (Å²) >= 11 is 1.32. The van der Waals surface area contributed by atoms with Crippen LogP contribution in [0.1, 0.15) is 33.3 Å². The molecule has 24 heavy (non-hydrogen) atoms. The molecule has 0 bridgehead atoms. The smallest absolute Gasteiger partial charge is 0.235 e. The number of rotatable bonds is 5. The zero-order valence-electron chi connectivity index (χ0n) is 14.5. The minimum atomic E-state index is -0.351. The molecule has 130 valence electrons. The first-order chi connectivity index (χ1) is 11.2. The van der Waals surface area contributed by atoms with Crippen molar-refractivity contribution in [3.8, 4) is 0 Å². The third-order valence-corrected chi connectivity index (χ3v) is 4.41. The first-order valence-corrected chi connectivity index (χ1v) is 8.51. The van der Waals surface area contributed by atoms with E-state index in [1.54, 1.807) is 28.8 Å². The molecule has 1 aromatic carbocycles. The number of aromatic nitrogens is 4. The lowest BCUT2D eigenvalue weighted by molar-refractivity contribution is -0.129. The van der Waals surface area contributed by atoms with Gasteiger partial charge in [0, 0.05) is 13.6 Å². The Labute approximate surface area is 145 Å². The molecule has 0 fully saturated rings. The second kappa shape index (κ2) is 7.29. The van der Waals surface area contributed by atoms with Crippen molar-refractivity contribution in [1.29, 1.82) is 0 Å². The third kappa shape index (κ3) is 4.53. The van der Waals surface area contributed by atoms with Gasteiger partial charge < -0.3 is 4.90 Å². The standard InChI is InChI=1S/C16H22FN5OS/c1-11(24-15-18-19-20-22(15)16(2,3)4)14(23)21(5)10-12-7-6-8-13(17)9-12/h6-9,11H,10H2,1-5H3. The van der Waals surface area contributed by atoms with E-state index in [9.17, 15) is 9.18 Å². The van der Waals surface area contributed by atoms with Crippen LogP contribution in [-0.4, -0.2) is 43.3 Å². The minimum absolute atomic E-state index is 0.0623. The van der Waals surface area contributed by atoms with E-state index in [-0.39, 0.29) is 22.5 Å². The topological polar surface area (TPSA) is 63.9 Å². The molecule has 1 atom stereocenters. The van der Waals surface area contributed by atoms with Gasteiger partial charge in [0.1, 0.15) is 5.82 Å². The van der Waals surface area contributed by atoms with Crippen molar-refractivity contribution >= 4 is 17.7 Å². The van der Waals surface area contributed by atoms with Crippen molar-refractivity contribution < 1.29 is 9.18 Å². The molecule has 0 saturated heterocycles. The third-order valence-electron chi connectivity index (χ3n) is 3.39. The first kappa shape index (κ1) is 18.4. The maximum absolute atomic E-state index is 13.3. The van der Waals surface area contributed by atoms with Crippen molar-refractivity contribution in [3.63, 3.8) is 0 Å². The maximum atomic E-state index is 13.3. The molecule has 0 aliphatic rings. The molecule has 1 aromatic heterocycles. The molecule has 1 unspecified atom stereocenters. The fourth-order valence-electron chi connectivity index (χ4n) is 2.18. The van der Waals surface area contributed by atoms with E-state index >= 15 is 0 Å². The molecule has 1 amide bonds. The summed E-state index contributed by atoms with van der Waals surface area (Å²) in [6.45, 7) is 8.16. The van der Waals surface area contributed by atoms with Crippen LogP contribution in [0.4, 0.5) is 4.39 Å². The van der Waals surface area contributed by atoms with Gasteiger partial charge in [0.05, 0.1) is 10.8 Å². The number of carbonyl (C=O) groups is 1. The summed E-state index contributed by atoms with van der Waals surface area (Å²) in [7, 11) is 1.71. The van der Waals surface area contributed by atoms with Gasteiger partial charge in [0.15, 0.2) is 0 Å². The molecule has 0 N–H and O–H groups in total. The summed E-state index contributed by atoms with van der Waals surface area (Å²) in [4.78, 5) is 14.1. The summed E-state index contributed by atoms with van der Waals surface area (Å²) in [6.07, 6.45) is 0. The van der Waals surface area contributed by atoms with E-state index in [1.165, 1.54) is 23.9 Å². The summed E-state index contributed by atoms with van der Waals surface area (Å²) in [6, 6.07) is 6.25. The number of hydrogen-bond acceptors (Lipinski definition) is 5. The zero-order valence-corrected chi connectivity index (χ0v) is 15.3. The second-order valence-electron chi connectivity index (χ2n) is 6.63. The molecular formula is C16H22FN5OS. The van der Waals surface area contributed by atoms with Gasteiger partial charge in [-0.15, -0.1) is 5.10 Å². The van der Waals surface area contributed by atoms with E-state index in [4.69, 9.17) is 0 Å². The Bertz CT molecular complexity index is 712. The molecule has 2 aromatic rings. The quantitative estimate of drug-likeness (QED) is 0.775. The lowest BCUT2D eigenvalue weighted by Crippen LogP contribution is -2.33. The number of thioether (sulfide) groups is 1. The van der Waals surface area contributed by atoms with Crippen LogP contribution in [0.15, 0.2) is 29.4 Å². The van der Waals surface area contributed by atoms with Crippen LogP contribution < -0.4 is 0 Å². The highest BCUT2D eigenvalue weighted by Crippen LogP contribution is 2.26. The second-order valence-corrected chi connectivity index (χ2v) is 7.94. The van der Waals surface area contributed by atoms with Crippen LogP contribution in [0, 0.1) is 5.82 Å². The van der Waals surface area contributed by atoms with Crippen LogP contribution in [-0.2, 0) is 16.9 Å². The first-order valence-electron chi connectivity index (χ1n) is 7.63. The van der Waals surface area contributed by atoms with Crippen LogP contribution in [0.2, 0.25) is 0 Å². The number of benzene rings is 1. The molecule has 6 nitrogen and oxygen atoms in total. The number of carbonyl (C=O) groups excluding carboxylic acids is 1. The van der Waals surface area contributed by atoms with Gasteiger partial charge in [-0.2, -0.15) is 0 Å². The highest BCUT2D eigenvalue weighted by molar-refractivity contribution is 8.00. The fraction of sp³-hybridized carbons (Fsp3) is 0.500. The van der Waals surface area contributed by atoms with Gasteiger partial charge in [-0.05, 0) is 55.8 Å². The van der Waals surface area contributed by atoms with Gasteiger partial charge in [0.2, 0.25) is 11.1 Å². The summed E-state index contributed by atoms with van der Waals surface area (Å²) in [5, 5.41) is 11.9. The normalized spacial score (nSPS) is 12.9. The summed E-state index contributed by atoms with van der Waals surface area (Å²) < 4.78 is 15.0. The van der Waals surface area contributed by atoms with E-state index in [2.05, 4.69) is 15.5 Å². The predicted octanol–water partition coefficient (Wildman–Crippen LogP) is 2.71. The van der Waals surface area contributed by atoms with Gasteiger partial charge >= 0.3 is 0 Å².